The van der Waals surface area contributed by atoms with E-state index in [1.54, 1.807) is 0 Å². The van der Waals surface area contributed by atoms with Gasteiger partial charge in [-0.3, -0.25) is 0 Å². The number of hydrogen-bond donors (Lipinski definition) is 1. The number of benzene rings is 1. The van der Waals surface area contributed by atoms with Crippen LogP contribution in [0.4, 0.5) is 0 Å². The summed E-state index contributed by atoms with van der Waals surface area (Å²) in [5.41, 5.74) is 3.60. The fourth-order valence-electron chi connectivity index (χ4n) is 1.66. The molecule has 2 unspecified atom stereocenters. The van der Waals surface area contributed by atoms with Crippen molar-refractivity contribution < 1.29 is 5.11 Å². The van der Waals surface area contributed by atoms with E-state index in [0.29, 0.717) is 5.92 Å². The molecule has 0 saturated heterocycles. The molecular weight excluding hydrogens is 184 g/mol. The second-order valence-corrected chi connectivity index (χ2v) is 4.61. The van der Waals surface area contributed by atoms with Crippen LogP contribution in [0, 0.1) is 19.8 Å². The first-order chi connectivity index (χ1) is 7.04. The zero-order valence-corrected chi connectivity index (χ0v) is 10.2. The number of aryl methyl sites for hydroxylation is 2. The molecule has 0 aromatic heterocycles. The van der Waals surface area contributed by atoms with E-state index in [2.05, 4.69) is 39.8 Å². The largest absolute Gasteiger partial charge is 0.388 e. The molecule has 0 aliphatic heterocycles. The Morgan fingerprint density at radius 3 is 2.40 bits per heavy atom. The quantitative estimate of drug-likeness (QED) is 0.795. The summed E-state index contributed by atoms with van der Waals surface area (Å²) in [7, 11) is 0. The third-order valence-corrected chi connectivity index (χ3v) is 3.24. The molecule has 1 aromatic rings. The highest BCUT2D eigenvalue weighted by molar-refractivity contribution is 5.31. The maximum Gasteiger partial charge on any atom is 0.0792 e. The minimum atomic E-state index is -0.306. The van der Waals surface area contributed by atoms with Crippen molar-refractivity contribution in [3.8, 4) is 0 Å². The second kappa shape index (κ2) is 5.32. The minimum absolute atomic E-state index is 0.306. The zero-order valence-electron chi connectivity index (χ0n) is 10.2. The van der Waals surface area contributed by atoms with Crippen LogP contribution in [0.2, 0.25) is 0 Å². The Hall–Kier alpha value is -0.820. The summed E-state index contributed by atoms with van der Waals surface area (Å²) in [6, 6.07) is 6.22. The predicted molar refractivity (Wildman–Crippen MR) is 64.9 cm³/mol. The van der Waals surface area contributed by atoms with Crippen LogP contribution >= 0.6 is 0 Å². The lowest BCUT2D eigenvalue weighted by Gasteiger charge is -2.16. The average Bonchev–Trinajstić information content (AvgIpc) is 2.21. The summed E-state index contributed by atoms with van der Waals surface area (Å²) in [6.45, 7) is 8.54. The van der Waals surface area contributed by atoms with Gasteiger partial charge in [-0.05, 0) is 42.9 Å². The molecule has 1 rings (SSSR count). The van der Waals surface area contributed by atoms with E-state index in [-0.39, 0.29) is 6.10 Å². The molecular formula is C14H22O. The van der Waals surface area contributed by atoms with Crippen LogP contribution in [0.3, 0.4) is 0 Å². The maximum atomic E-state index is 10.0. The van der Waals surface area contributed by atoms with Gasteiger partial charge >= 0.3 is 0 Å². The van der Waals surface area contributed by atoms with Gasteiger partial charge in [0.25, 0.3) is 0 Å². The first-order valence-electron chi connectivity index (χ1n) is 5.79. The lowest BCUT2D eigenvalue weighted by molar-refractivity contribution is 0.146. The molecule has 0 aliphatic rings. The van der Waals surface area contributed by atoms with Crippen molar-refractivity contribution in [1.29, 1.82) is 0 Å². The normalized spacial score (nSPS) is 15.0. The van der Waals surface area contributed by atoms with Gasteiger partial charge in [-0.1, -0.05) is 38.5 Å². The van der Waals surface area contributed by atoms with Crippen LogP contribution in [0.5, 0.6) is 0 Å². The highest BCUT2D eigenvalue weighted by Crippen LogP contribution is 2.24. The summed E-state index contributed by atoms with van der Waals surface area (Å²) in [4.78, 5) is 0. The van der Waals surface area contributed by atoms with Gasteiger partial charge in [0.15, 0.2) is 0 Å². The van der Waals surface area contributed by atoms with Crippen molar-refractivity contribution >= 4 is 0 Å². The van der Waals surface area contributed by atoms with E-state index in [1.165, 1.54) is 11.1 Å². The lowest BCUT2D eigenvalue weighted by atomic mass is 9.94. The van der Waals surface area contributed by atoms with Gasteiger partial charge in [0, 0.05) is 0 Å². The summed E-state index contributed by atoms with van der Waals surface area (Å²) in [6.07, 6.45) is 1.68. The average molecular weight is 206 g/mol. The molecule has 2 atom stereocenters. The highest BCUT2D eigenvalue weighted by Gasteiger charge is 2.11. The maximum absolute atomic E-state index is 10.0. The Bertz CT molecular complexity index is 317. The Balaban J connectivity index is 2.73. The molecule has 0 saturated carbocycles. The number of rotatable bonds is 4. The molecule has 15 heavy (non-hydrogen) atoms. The number of aliphatic hydroxyl groups is 1. The van der Waals surface area contributed by atoms with Crippen molar-refractivity contribution in [3.63, 3.8) is 0 Å². The third kappa shape index (κ3) is 3.35. The van der Waals surface area contributed by atoms with Crippen molar-refractivity contribution in [2.45, 2.75) is 46.6 Å². The predicted octanol–water partition coefficient (Wildman–Crippen LogP) is 3.77. The van der Waals surface area contributed by atoms with E-state index in [4.69, 9.17) is 0 Å². The van der Waals surface area contributed by atoms with Gasteiger partial charge < -0.3 is 5.11 Å². The molecule has 0 amide bonds. The van der Waals surface area contributed by atoms with Gasteiger partial charge in [0.1, 0.15) is 0 Å². The molecule has 0 fully saturated rings. The smallest absolute Gasteiger partial charge is 0.0792 e. The third-order valence-electron chi connectivity index (χ3n) is 3.24. The van der Waals surface area contributed by atoms with Gasteiger partial charge in [0.2, 0.25) is 0 Å². The number of aliphatic hydroxyl groups excluding tert-OH is 1. The van der Waals surface area contributed by atoms with E-state index in [9.17, 15) is 5.11 Å². The van der Waals surface area contributed by atoms with Crippen LogP contribution in [0.15, 0.2) is 18.2 Å². The summed E-state index contributed by atoms with van der Waals surface area (Å²) < 4.78 is 0. The fraction of sp³-hybridized carbons (Fsp3) is 0.571. The molecule has 1 aromatic carbocycles. The Kier molecular flexibility index (Phi) is 4.34. The monoisotopic (exact) mass is 206 g/mol. The summed E-state index contributed by atoms with van der Waals surface area (Å²) in [5.74, 6) is 0.585. The van der Waals surface area contributed by atoms with Crippen LogP contribution < -0.4 is 0 Å². The first kappa shape index (κ1) is 12.3. The molecule has 1 N–H and O–H groups in total. The van der Waals surface area contributed by atoms with E-state index >= 15 is 0 Å². The van der Waals surface area contributed by atoms with Gasteiger partial charge in [0.05, 0.1) is 6.10 Å². The Morgan fingerprint density at radius 1 is 1.20 bits per heavy atom. The van der Waals surface area contributed by atoms with Crippen molar-refractivity contribution in [2.75, 3.05) is 0 Å². The van der Waals surface area contributed by atoms with Crippen LogP contribution in [0.25, 0.3) is 0 Å². The second-order valence-electron chi connectivity index (χ2n) is 4.61. The van der Waals surface area contributed by atoms with Crippen molar-refractivity contribution in [3.05, 3.63) is 34.9 Å². The molecule has 0 bridgehead atoms. The van der Waals surface area contributed by atoms with Crippen LogP contribution in [-0.4, -0.2) is 5.11 Å². The van der Waals surface area contributed by atoms with Crippen LogP contribution in [-0.2, 0) is 0 Å². The lowest BCUT2D eigenvalue weighted by Crippen LogP contribution is -2.04. The Morgan fingerprint density at radius 2 is 1.87 bits per heavy atom. The van der Waals surface area contributed by atoms with E-state index < -0.39 is 0 Å². The van der Waals surface area contributed by atoms with Gasteiger partial charge in [-0.15, -0.1) is 0 Å². The molecule has 84 valence electrons. The van der Waals surface area contributed by atoms with E-state index in [1.807, 2.05) is 6.07 Å². The highest BCUT2D eigenvalue weighted by atomic mass is 16.3. The molecule has 0 heterocycles. The van der Waals surface area contributed by atoms with Gasteiger partial charge in [-0.25, -0.2) is 0 Å². The molecule has 0 aliphatic carbocycles. The molecule has 0 radical (unpaired) electrons. The standard InChI is InChI=1S/C14H22O/c1-5-10(2)8-14(15)13-7-6-11(3)12(4)9-13/h6-7,9-10,14-15H,5,8H2,1-4H3. The Labute approximate surface area is 93.1 Å². The molecule has 0 spiro atoms. The van der Waals surface area contributed by atoms with E-state index in [0.717, 1.165) is 18.4 Å². The fourth-order valence-corrected chi connectivity index (χ4v) is 1.66. The molecule has 1 heteroatoms. The van der Waals surface area contributed by atoms with Gasteiger partial charge in [-0.2, -0.15) is 0 Å². The summed E-state index contributed by atoms with van der Waals surface area (Å²) >= 11 is 0. The summed E-state index contributed by atoms with van der Waals surface area (Å²) in [5, 5.41) is 10.0. The number of hydrogen-bond acceptors (Lipinski definition) is 1. The zero-order chi connectivity index (χ0) is 11.4. The van der Waals surface area contributed by atoms with Crippen molar-refractivity contribution in [2.24, 2.45) is 5.92 Å². The first-order valence-corrected chi connectivity index (χ1v) is 5.79. The molecule has 1 nitrogen and oxygen atoms in total. The topological polar surface area (TPSA) is 20.2 Å². The van der Waals surface area contributed by atoms with Crippen LogP contribution in [0.1, 0.15) is 49.5 Å². The SMILES string of the molecule is CCC(C)CC(O)c1ccc(C)c(C)c1. The minimum Gasteiger partial charge on any atom is -0.388 e. The van der Waals surface area contributed by atoms with Crippen molar-refractivity contribution in [1.82, 2.24) is 0 Å².